The maximum absolute atomic E-state index is 13.5. The fraction of sp³-hybridized carbons (Fsp3) is 0.250. The summed E-state index contributed by atoms with van der Waals surface area (Å²) in [4.78, 5) is 15.9. The lowest BCUT2D eigenvalue weighted by Crippen LogP contribution is -2.25. The molecule has 4 aromatic rings. The Bertz CT molecular complexity index is 1210. The molecule has 0 spiro atoms. The van der Waals surface area contributed by atoms with Crippen LogP contribution in [0.5, 0.6) is 5.75 Å². The largest absolute Gasteiger partial charge is 0.494 e. The van der Waals surface area contributed by atoms with E-state index >= 15 is 0 Å². The SMILES string of the molecule is CCN(CC)CCCOc1ccc(C(=O)c2c(-c3ccc(F)cc3)oc3ccccc23)cc1. The molecule has 0 N–H and O–H groups in total. The Morgan fingerprint density at radius 1 is 0.939 bits per heavy atom. The summed E-state index contributed by atoms with van der Waals surface area (Å²) in [7, 11) is 0. The first-order valence-electron chi connectivity index (χ1n) is 11.4. The van der Waals surface area contributed by atoms with Crippen molar-refractivity contribution in [3.63, 3.8) is 0 Å². The molecule has 1 aromatic heterocycles. The Hall–Kier alpha value is -3.44. The summed E-state index contributed by atoms with van der Waals surface area (Å²) >= 11 is 0. The van der Waals surface area contributed by atoms with E-state index in [0.717, 1.165) is 37.2 Å². The Morgan fingerprint density at radius 2 is 1.64 bits per heavy atom. The number of para-hydroxylation sites is 1. The summed E-state index contributed by atoms with van der Waals surface area (Å²) in [5.74, 6) is 0.697. The zero-order valence-corrected chi connectivity index (χ0v) is 19.0. The van der Waals surface area contributed by atoms with Crippen LogP contribution in [0.3, 0.4) is 0 Å². The minimum absolute atomic E-state index is 0.146. The smallest absolute Gasteiger partial charge is 0.197 e. The molecule has 3 aromatic carbocycles. The predicted molar refractivity (Wildman–Crippen MR) is 129 cm³/mol. The number of carbonyl (C=O) groups excluding carboxylic acids is 1. The van der Waals surface area contributed by atoms with E-state index in [1.165, 1.54) is 12.1 Å². The number of carbonyl (C=O) groups is 1. The van der Waals surface area contributed by atoms with Crippen LogP contribution in [0, 0.1) is 5.82 Å². The standard InChI is InChI=1S/C28H28FNO3/c1-3-30(4-2)18-7-19-32-23-16-12-20(13-17-23)27(31)26-24-8-5-6-9-25(24)33-28(26)21-10-14-22(29)15-11-21/h5-6,8-17H,3-4,7,18-19H2,1-2H3. The van der Waals surface area contributed by atoms with Crippen LogP contribution in [-0.4, -0.2) is 36.9 Å². The van der Waals surface area contributed by atoms with E-state index in [4.69, 9.17) is 9.15 Å². The number of hydrogen-bond donors (Lipinski definition) is 0. The van der Waals surface area contributed by atoms with Crippen molar-refractivity contribution < 1.29 is 18.3 Å². The fourth-order valence-corrected chi connectivity index (χ4v) is 3.94. The van der Waals surface area contributed by atoms with E-state index in [-0.39, 0.29) is 11.6 Å². The molecule has 0 aliphatic carbocycles. The minimum atomic E-state index is -0.338. The molecule has 1 heterocycles. The average Bonchev–Trinajstić information content (AvgIpc) is 3.24. The lowest BCUT2D eigenvalue weighted by atomic mass is 9.97. The number of fused-ring (bicyclic) bond motifs is 1. The number of hydrogen-bond acceptors (Lipinski definition) is 4. The first kappa shape index (κ1) is 22.7. The van der Waals surface area contributed by atoms with Crippen molar-refractivity contribution in [2.45, 2.75) is 20.3 Å². The van der Waals surface area contributed by atoms with Gasteiger partial charge in [-0.3, -0.25) is 4.79 Å². The van der Waals surface area contributed by atoms with Gasteiger partial charge in [-0.1, -0.05) is 32.0 Å². The molecule has 4 nitrogen and oxygen atoms in total. The summed E-state index contributed by atoms with van der Waals surface area (Å²) < 4.78 is 25.3. The highest BCUT2D eigenvalue weighted by Crippen LogP contribution is 2.35. The van der Waals surface area contributed by atoms with Gasteiger partial charge in [0.1, 0.15) is 22.9 Å². The topological polar surface area (TPSA) is 42.7 Å². The maximum Gasteiger partial charge on any atom is 0.197 e. The molecule has 0 fully saturated rings. The lowest BCUT2D eigenvalue weighted by molar-refractivity contribution is 0.104. The number of ether oxygens (including phenoxy) is 1. The first-order chi connectivity index (χ1) is 16.1. The third-order valence-corrected chi connectivity index (χ3v) is 5.83. The van der Waals surface area contributed by atoms with Crippen LogP contribution in [0.2, 0.25) is 0 Å². The monoisotopic (exact) mass is 445 g/mol. The Kier molecular flexibility index (Phi) is 7.20. The van der Waals surface area contributed by atoms with E-state index in [0.29, 0.717) is 34.6 Å². The molecule has 170 valence electrons. The number of rotatable bonds is 10. The molecule has 0 radical (unpaired) electrons. The van der Waals surface area contributed by atoms with Crippen molar-refractivity contribution in [3.05, 3.63) is 89.7 Å². The van der Waals surface area contributed by atoms with Crippen LogP contribution in [0.4, 0.5) is 4.39 Å². The van der Waals surface area contributed by atoms with Crippen LogP contribution >= 0.6 is 0 Å². The van der Waals surface area contributed by atoms with E-state index in [9.17, 15) is 9.18 Å². The number of furan rings is 1. The molecule has 5 heteroatoms. The van der Waals surface area contributed by atoms with Crippen molar-refractivity contribution in [1.82, 2.24) is 4.90 Å². The number of halogens is 1. The van der Waals surface area contributed by atoms with Crippen molar-refractivity contribution in [2.75, 3.05) is 26.2 Å². The molecule has 0 aliphatic rings. The molecule has 0 unspecified atom stereocenters. The van der Waals surface area contributed by atoms with E-state index in [2.05, 4.69) is 18.7 Å². The Balaban J connectivity index is 1.55. The van der Waals surface area contributed by atoms with Crippen molar-refractivity contribution in [2.24, 2.45) is 0 Å². The Morgan fingerprint density at radius 3 is 2.33 bits per heavy atom. The molecule has 0 aliphatic heterocycles. The molecule has 33 heavy (non-hydrogen) atoms. The summed E-state index contributed by atoms with van der Waals surface area (Å²) in [6.07, 6.45) is 0.949. The fourth-order valence-electron chi connectivity index (χ4n) is 3.94. The molecule has 0 saturated carbocycles. The van der Waals surface area contributed by atoms with E-state index < -0.39 is 0 Å². The van der Waals surface area contributed by atoms with Crippen molar-refractivity contribution >= 4 is 16.8 Å². The zero-order chi connectivity index (χ0) is 23.2. The van der Waals surface area contributed by atoms with Gasteiger partial charge in [0.2, 0.25) is 0 Å². The van der Waals surface area contributed by atoms with Gasteiger partial charge in [-0.25, -0.2) is 4.39 Å². The second-order valence-corrected chi connectivity index (χ2v) is 7.89. The predicted octanol–water partition coefficient (Wildman–Crippen LogP) is 6.58. The highest BCUT2D eigenvalue weighted by atomic mass is 19.1. The van der Waals surface area contributed by atoms with Gasteiger partial charge >= 0.3 is 0 Å². The third kappa shape index (κ3) is 5.15. The number of benzene rings is 3. The van der Waals surface area contributed by atoms with Gasteiger partial charge < -0.3 is 14.1 Å². The van der Waals surface area contributed by atoms with E-state index in [1.54, 1.807) is 24.3 Å². The van der Waals surface area contributed by atoms with Crippen LogP contribution < -0.4 is 4.74 Å². The summed E-state index contributed by atoms with van der Waals surface area (Å²) in [6, 6.07) is 20.6. The first-order valence-corrected chi connectivity index (χ1v) is 11.4. The molecule has 0 saturated heterocycles. The number of nitrogens with zero attached hydrogens (tertiary/aromatic N) is 1. The van der Waals surface area contributed by atoms with Crippen LogP contribution in [0.1, 0.15) is 36.2 Å². The van der Waals surface area contributed by atoms with Crippen LogP contribution in [0.25, 0.3) is 22.3 Å². The van der Waals surface area contributed by atoms with Crippen LogP contribution in [-0.2, 0) is 0 Å². The summed E-state index contributed by atoms with van der Waals surface area (Å²) in [6.45, 7) is 8.02. The maximum atomic E-state index is 13.5. The highest BCUT2D eigenvalue weighted by Gasteiger charge is 2.23. The van der Waals surface area contributed by atoms with Gasteiger partial charge in [0.25, 0.3) is 0 Å². The second kappa shape index (κ2) is 10.5. The molecule has 4 rings (SSSR count). The van der Waals surface area contributed by atoms with Gasteiger partial charge in [0, 0.05) is 23.1 Å². The quantitative estimate of drug-likeness (QED) is 0.204. The molecule has 0 atom stereocenters. The normalized spacial score (nSPS) is 11.3. The van der Waals surface area contributed by atoms with Crippen LogP contribution in [0.15, 0.2) is 77.2 Å². The minimum Gasteiger partial charge on any atom is -0.494 e. The van der Waals surface area contributed by atoms with Gasteiger partial charge in [-0.2, -0.15) is 0 Å². The molecular weight excluding hydrogens is 417 g/mol. The van der Waals surface area contributed by atoms with Gasteiger partial charge in [0.15, 0.2) is 5.78 Å². The average molecular weight is 446 g/mol. The lowest BCUT2D eigenvalue weighted by Gasteiger charge is -2.17. The van der Waals surface area contributed by atoms with Crippen molar-refractivity contribution in [3.8, 4) is 17.1 Å². The second-order valence-electron chi connectivity index (χ2n) is 7.89. The summed E-state index contributed by atoms with van der Waals surface area (Å²) in [5, 5.41) is 0.735. The molecule has 0 amide bonds. The van der Waals surface area contributed by atoms with Gasteiger partial charge in [-0.15, -0.1) is 0 Å². The van der Waals surface area contributed by atoms with Crippen molar-refractivity contribution in [1.29, 1.82) is 0 Å². The molecular formula is C28H28FNO3. The summed E-state index contributed by atoms with van der Waals surface area (Å²) in [5.41, 5.74) is 2.29. The zero-order valence-electron chi connectivity index (χ0n) is 19.0. The highest BCUT2D eigenvalue weighted by molar-refractivity contribution is 6.19. The third-order valence-electron chi connectivity index (χ3n) is 5.83. The van der Waals surface area contributed by atoms with Gasteiger partial charge in [0.05, 0.1) is 12.2 Å². The van der Waals surface area contributed by atoms with Gasteiger partial charge in [-0.05, 0) is 74.1 Å². The number of ketones is 1. The molecule has 0 bridgehead atoms. The Labute approximate surface area is 193 Å². The van der Waals surface area contributed by atoms with E-state index in [1.807, 2.05) is 36.4 Å².